The van der Waals surface area contributed by atoms with Gasteiger partial charge in [-0.2, -0.15) is 0 Å². The summed E-state index contributed by atoms with van der Waals surface area (Å²) in [6.45, 7) is 4.46. The number of furan rings is 1. The fraction of sp³-hybridized carbons (Fsp3) is 0.636. The Balaban J connectivity index is 2.37. The highest BCUT2D eigenvalue weighted by Crippen LogP contribution is 2.21. The Bertz CT molecular complexity index is 218. The van der Waals surface area contributed by atoms with E-state index in [9.17, 15) is 0 Å². The third-order valence-electron chi connectivity index (χ3n) is 2.41. The van der Waals surface area contributed by atoms with Gasteiger partial charge in [-0.05, 0) is 18.4 Å². The molecular formula is C11H19NO. The van der Waals surface area contributed by atoms with E-state index in [1.807, 2.05) is 6.07 Å². The monoisotopic (exact) mass is 181 g/mol. The molecule has 0 amide bonds. The minimum absolute atomic E-state index is 0.139. The van der Waals surface area contributed by atoms with Gasteiger partial charge < -0.3 is 10.2 Å². The number of rotatable bonds is 5. The topological polar surface area (TPSA) is 39.2 Å². The van der Waals surface area contributed by atoms with Crippen molar-refractivity contribution >= 4 is 0 Å². The lowest BCUT2D eigenvalue weighted by Gasteiger charge is -2.14. The highest BCUT2D eigenvalue weighted by Gasteiger charge is 2.11. The molecule has 0 aliphatic rings. The van der Waals surface area contributed by atoms with Crippen LogP contribution in [0.1, 0.15) is 44.7 Å². The molecular weight excluding hydrogens is 162 g/mol. The van der Waals surface area contributed by atoms with Crippen LogP contribution < -0.4 is 5.73 Å². The SMILES string of the molecule is CCCC(C)CC(N)c1ccoc1. The predicted octanol–water partition coefficient (Wildman–Crippen LogP) is 3.11. The first kappa shape index (κ1) is 10.3. The first-order valence-corrected chi connectivity index (χ1v) is 5.01. The second-order valence-electron chi connectivity index (χ2n) is 3.79. The maximum Gasteiger partial charge on any atom is 0.0950 e. The summed E-state index contributed by atoms with van der Waals surface area (Å²) in [6, 6.07) is 2.09. The molecule has 2 nitrogen and oxygen atoms in total. The van der Waals surface area contributed by atoms with Gasteiger partial charge in [0.1, 0.15) is 0 Å². The van der Waals surface area contributed by atoms with Crippen molar-refractivity contribution < 1.29 is 4.42 Å². The van der Waals surface area contributed by atoms with Crippen molar-refractivity contribution in [1.82, 2.24) is 0 Å². The molecule has 1 rings (SSSR count). The highest BCUT2D eigenvalue weighted by molar-refractivity contribution is 5.10. The quantitative estimate of drug-likeness (QED) is 0.758. The van der Waals surface area contributed by atoms with Crippen LogP contribution in [0.4, 0.5) is 0 Å². The molecule has 1 aromatic heterocycles. The van der Waals surface area contributed by atoms with E-state index in [4.69, 9.17) is 10.2 Å². The van der Waals surface area contributed by atoms with Crippen molar-refractivity contribution in [3.8, 4) is 0 Å². The van der Waals surface area contributed by atoms with Crippen LogP contribution in [0.5, 0.6) is 0 Å². The van der Waals surface area contributed by atoms with Gasteiger partial charge in [0.05, 0.1) is 12.5 Å². The van der Waals surface area contributed by atoms with E-state index < -0.39 is 0 Å². The molecule has 0 fully saturated rings. The molecule has 2 atom stereocenters. The van der Waals surface area contributed by atoms with Gasteiger partial charge >= 0.3 is 0 Å². The zero-order valence-electron chi connectivity index (χ0n) is 8.49. The summed E-state index contributed by atoms with van der Waals surface area (Å²) in [5, 5.41) is 0. The molecule has 0 saturated heterocycles. The van der Waals surface area contributed by atoms with Crippen molar-refractivity contribution in [2.45, 2.75) is 39.2 Å². The van der Waals surface area contributed by atoms with E-state index in [1.165, 1.54) is 12.8 Å². The standard InChI is InChI=1S/C11H19NO/c1-3-4-9(2)7-11(12)10-5-6-13-8-10/h5-6,8-9,11H,3-4,7,12H2,1-2H3. The molecule has 0 bridgehead atoms. The van der Waals surface area contributed by atoms with Gasteiger partial charge in [-0.3, -0.25) is 0 Å². The Morgan fingerprint density at radius 2 is 2.31 bits per heavy atom. The lowest BCUT2D eigenvalue weighted by atomic mass is 9.95. The van der Waals surface area contributed by atoms with Crippen molar-refractivity contribution in [3.05, 3.63) is 24.2 Å². The van der Waals surface area contributed by atoms with Crippen molar-refractivity contribution in [2.24, 2.45) is 11.7 Å². The van der Waals surface area contributed by atoms with Gasteiger partial charge in [-0.1, -0.05) is 26.7 Å². The zero-order valence-corrected chi connectivity index (χ0v) is 8.49. The lowest BCUT2D eigenvalue weighted by molar-refractivity contribution is 0.437. The maximum atomic E-state index is 6.01. The Hall–Kier alpha value is -0.760. The second kappa shape index (κ2) is 5.07. The van der Waals surface area contributed by atoms with Gasteiger partial charge in [-0.15, -0.1) is 0 Å². The third-order valence-corrected chi connectivity index (χ3v) is 2.41. The fourth-order valence-corrected chi connectivity index (χ4v) is 1.67. The van der Waals surface area contributed by atoms with E-state index in [2.05, 4.69) is 13.8 Å². The first-order valence-electron chi connectivity index (χ1n) is 5.01. The third kappa shape index (κ3) is 3.23. The molecule has 1 aromatic rings. The summed E-state index contributed by atoms with van der Waals surface area (Å²) in [5.41, 5.74) is 7.12. The zero-order chi connectivity index (χ0) is 9.68. The van der Waals surface area contributed by atoms with Crippen molar-refractivity contribution in [3.63, 3.8) is 0 Å². The largest absolute Gasteiger partial charge is 0.472 e. The molecule has 0 aliphatic heterocycles. The van der Waals surface area contributed by atoms with Gasteiger partial charge in [0, 0.05) is 11.6 Å². The van der Waals surface area contributed by atoms with Crippen LogP contribution >= 0.6 is 0 Å². The van der Waals surface area contributed by atoms with Crippen LogP contribution in [0.25, 0.3) is 0 Å². The van der Waals surface area contributed by atoms with Crippen LogP contribution in [0, 0.1) is 5.92 Å². The predicted molar refractivity (Wildman–Crippen MR) is 54.3 cm³/mol. The molecule has 2 heteroatoms. The van der Waals surface area contributed by atoms with Gasteiger partial charge in [0.25, 0.3) is 0 Å². The highest BCUT2D eigenvalue weighted by atomic mass is 16.3. The van der Waals surface area contributed by atoms with Crippen molar-refractivity contribution in [2.75, 3.05) is 0 Å². The van der Waals surface area contributed by atoms with Crippen LogP contribution in [-0.4, -0.2) is 0 Å². The molecule has 0 saturated carbocycles. The lowest BCUT2D eigenvalue weighted by Crippen LogP contribution is -2.13. The van der Waals surface area contributed by atoms with Gasteiger partial charge in [0.2, 0.25) is 0 Å². The molecule has 0 aromatic carbocycles. The van der Waals surface area contributed by atoms with Crippen molar-refractivity contribution in [1.29, 1.82) is 0 Å². The van der Waals surface area contributed by atoms with E-state index >= 15 is 0 Å². The van der Waals surface area contributed by atoms with E-state index in [-0.39, 0.29) is 6.04 Å². The minimum atomic E-state index is 0.139. The molecule has 0 aliphatic carbocycles. The molecule has 2 N–H and O–H groups in total. The Kier molecular flexibility index (Phi) is 4.03. The summed E-state index contributed by atoms with van der Waals surface area (Å²) < 4.78 is 5.00. The summed E-state index contributed by atoms with van der Waals surface area (Å²) in [5.74, 6) is 0.704. The van der Waals surface area contributed by atoms with Crippen LogP contribution in [0.15, 0.2) is 23.0 Å². The molecule has 13 heavy (non-hydrogen) atoms. The smallest absolute Gasteiger partial charge is 0.0950 e. The minimum Gasteiger partial charge on any atom is -0.472 e. The summed E-state index contributed by atoms with van der Waals surface area (Å²) >= 11 is 0. The second-order valence-corrected chi connectivity index (χ2v) is 3.79. The van der Waals surface area contributed by atoms with Crippen LogP contribution in [-0.2, 0) is 0 Å². The Morgan fingerprint density at radius 1 is 1.54 bits per heavy atom. The molecule has 0 radical (unpaired) electrons. The fourth-order valence-electron chi connectivity index (χ4n) is 1.67. The Morgan fingerprint density at radius 3 is 2.85 bits per heavy atom. The van der Waals surface area contributed by atoms with E-state index in [1.54, 1.807) is 12.5 Å². The van der Waals surface area contributed by atoms with Gasteiger partial charge in [-0.25, -0.2) is 0 Å². The Labute approximate surface area is 80.1 Å². The molecule has 1 heterocycles. The van der Waals surface area contributed by atoms with Crippen LogP contribution in [0.2, 0.25) is 0 Å². The molecule has 0 spiro atoms. The summed E-state index contributed by atoms with van der Waals surface area (Å²) in [7, 11) is 0. The summed E-state index contributed by atoms with van der Waals surface area (Å²) in [6.07, 6.45) is 6.96. The van der Waals surface area contributed by atoms with E-state index in [0.717, 1.165) is 12.0 Å². The average Bonchev–Trinajstić information content (AvgIpc) is 2.55. The van der Waals surface area contributed by atoms with Gasteiger partial charge in [0.15, 0.2) is 0 Å². The number of hydrogen-bond acceptors (Lipinski definition) is 2. The maximum absolute atomic E-state index is 6.01. The molecule has 74 valence electrons. The van der Waals surface area contributed by atoms with Crippen LogP contribution in [0.3, 0.4) is 0 Å². The number of hydrogen-bond donors (Lipinski definition) is 1. The molecule has 2 unspecified atom stereocenters. The average molecular weight is 181 g/mol. The van der Waals surface area contributed by atoms with E-state index in [0.29, 0.717) is 5.92 Å². The summed E-state index contributed by atoms with van der Waals surface area (Å²) in [4.78, 5) is 0. The first-order chi connectivity index (χ1) is 6.24. The normalized spacial score (nSPS) is 15.6. The number of nitrogens with two attached hydrogens (primary N) is 1.